The van der Waals surface area contributed by atoms with Gasteiger partial charge in [0.2, 0.25) is 0 Å². The zero-order valence-corrected chi connectivity index (χ0v) is 16.2. The van der Waals surface area contributed by atoms with E-state index in [2.05, 4.69) is 0 Å². The van der Waals surface area contributed by atoms with E-state index in [-0.39, 0.29) is 27.3 Å². The minimum absolute atomic E-state index is 0. The van der Waals surface area contributed by atoms with Crippen LogP contribution in [0, 0.1) is 0 Å². The molecule has 0 heterocycles. The Morgan fingerprint density at radius 2 is 1.24 bits per heavy atom. The second kappa shape index (κ2) is 13.7. The van der Waals surface area contributed by atoms with Crippen molar-refractivity contribution in [2.75, 3.05) is 13.2 Å². The molecule has 0 spiro atoms. The third-order valence-electron chi connectivity index (χ3n) is 1.84. The quantitative estimate of drug-likeness (QED) is 0.249. The fourth-order valence-corrected chi connectivity index (χ4v) is 0.867. The number of unbranched alkanes of at least 4 members (excludes halogenated alkanes) is 2. The first kappa shape index (κ1) is 19.0. The van der Waals surface area contributed by atoms with Gasteiger partial charge in [0.1, 0.15) is 0 Å². The SMILES string of the molecule is CCCCOC(=O)/C=C\C(=O)OCCCC.[PbH2]. The van der Waals surface area contributed by atoms with Crippen LogP contribution in [-0.4, -0.2) is 52.5 Å². The summed E-state index contributed by atoms with van der Waals surface area (Å²) in [5, 5.41) is 0. The second-order valence-electron chi connectivity index (χ2n) is 3.38. The second-order valence-corrected chi connectivity index (χ2v) is 3.38. The summed E-state index contributed by atoms with van der Waals surface area (Å²) in [5.41, 5.74) is 0. The van der Waals surface area contributed by atoms with Gasteiger partial charge in [0.15, 0.2) is 0 Å². The zero-order chi connectivity index (χ0) is 12.2. The number of rotatable bonds is 8. The van der Waals surface area contributed by atoms with Crippen molar-refractivity contribution in [1.82, 2.24) is 0 Å². The summed E-state index contributed by atoms with van der Waals surface area (Å²) in [6, 6.07) is 0. The Morgan fingerprint density at radius 1 is 0.882 bits per heavy atom. The van der Waals surface area contributed by atoms with Crippen molar-refractivity contribution >= 4 is 39.2 Å². The fourth-order valence-electron chi connectivity index (χ4n) is 0.867. The molecule has 0 aliphatic heterocycles. The van der Waals surface area contributed by atoms with Gasteiger partial charge in [-0.3, -0.25) is 0 Å². The molecule has 0 atom stereocenters. The minimum atomic E-state index is -0.499. The first-order valence-electron chi connectivity index (χ1n) is 5.72. The number of carbonyl (C=O) groups excluding carboxylic acids is 2. The third kappa shape index (κ3) is 13.5. The van der Waals surface area contributed by atoms with Crippen LogP contribution in [0.5, 0.6) is 0 Å². The molecule has 0 rings (SSSR count). The maximum atomic E-state index is 11.0. The number of hydrogen-bond acceptors (Lipinski definition) is 4. The predicted octanol–water partition coefficient (Wildman–Crippen LogP) is 1.31. The molecule has 0 aromatic carbocycles. The van der Waals surface area contributed by atoms with Crippen LogP contribution in [0.4, 0.5) is 0 Å². The number of hydrogen-bond donors (Lipinski definition) is 0. The average molecular weight is 438 g/mol. The molecule has 0 saturated carbocycles. The predicted molar refractivity (Wildman–Crippen MR) is 69.4 cm³/mol. The molecule has 2 radical (unpaired) electrons. The molecular weight excluding hydrogens is 415 g/mol. The van der Waals surface area contributed by atoms with Crippen molar-refractivity contribution < 1.29 is 19.1 Å². The van der Waals surface area contributed by atoms with Crippen LogP contribution in [0.1, 0.15) is 39.5 Å². The molecule has 0 N–H and O–H groups in total. The Morgan fingerprint density at radius 3 is 1.53 bits per heavy atom. The molecule has 98 valence electrons. The Labute approximate surface area is 123 Å². The van der Waals surface area contributed by atoms with E-state index in [1.54, 1.807) is 0 Å². The van der Waals surface area contributed by atoms with E-state index in [1.807, 2.05) is 13.8 Å². The molecule has 0 aromatic heterocycles. The Balaban J connectivity index is 0. The van der Waals surface area contributed by atoms with Crippen molar-refractivity contribution in [2.45, 2.75) is 39.5 Å². The van der Waals surface area contributed by atoms with Gasteiger partial charge in [0, 0.05) is 12.2 Å². The molecule has 0 saturated heterocycles. The summed E-state index contributed by atoms with van der Waals surface area (Å²) in [6.07, 6.45) is 5.81. The molecule has 0 bridgehead atoms. The van der Waals surface area contributed by atoms with Crippen molar-refractivity contribution in [2.24, 2.45) is 0 Å². The van der Waals surface area contributed by atoms with Crippen LogP contribution in [0.3, 0.4) is 0 Å². The van der Waals surface area contributed by atoms with Gasteiger partial charge in [-0.25, -0.2) is 9.59 Å². The molecule has 0 amide bonds. The Hall–Kier alpha value is -0.398. The van der Waals surface area contributed by atoms with Gasteiger partial charge in [-0.2, -0.15) is 0 Å². The fraction of sp³-hybridized carbons (Fsp3) is 0.667. The number of carbonyl (C=O) groups is 2. The summed E-state index contributed by atoms with van der Waals surface area (Å²) < 4.78 is 9.65. The van der Waals surface area contributed by atoms with E-state index in [4.69, 9.17) is 9.47 Å². The molecule has 4 nitrogen and oxygen atoms in total. The first-order chi connectivity index (χ1) is 7.70. The Kier molecular flexibility index (Phi) is 15.2. The van der Waals surface area contributed by atoms with Crippen molar-refractivity contribution in [3.8, 4) is 0 Å². The molecule has 5 heteroatoms. The zero-order valence-electron chi connectivity index (χ0n) is 10.7. The van der Waals surface area contributed by atoms with Crippen LogP contribution in [0.15, 0.2) is 12.2 Å². The average Bonchev–Trinajstić information content (AvgIpc) is 2.27. The van der Waals surface area contributed by atoms with Crippen molar-refractivity contribution in [3.63, 3.8) is 0 Å². The van der Waals surface area contributed by atoms with Gasteiger partial charge in [-0.1, -0.05) is 26.7 Å². The summed E-state index contributed by atoms with van der Waals surface area (Å²) in [6.45, 7) is 4.80. The van der Waals surface area contributed by atoms with Crippen LogP contribution < -0.4 is 0 Å². The third-order valence-corrected chi connectivity index (χ3v) is 1.84. The van der Waals surface area contributed by atoms with Gasteiger partial charge in [0.25, 0.3) is 0 Å². The van der Waals surface area contributed by atoms with E-state index in [1.165, 1.54) is 0 Å². The first-order valence-corrected chi connectivity index (χ1v) is 5.72. The van der Waals surface area contributed by atoms with Crippen LogP contribution in [0.2, 0.25) is 0 Å². The van der Waals surface area contributed by atoms with E-state index >= 15 is 0 Å². The van der Waals surface area contributed by atoms with Crippen molar-refractivity contribution in [1.29, 1.82) is 0 Å². The van der Waals surface area contributed by atoms with Crippen LogP contribution >= 0.6 is 0 Å². The van der Waals surface area contributed by atoms with Crippen LogP contribution in [-0.2, 0) is 19.1 Å². The monoisotopic (exact) mass is 438 g/mol. The molecule has 0 aliphatic carbocycles. The topological polar surface area (TPSA) is 52.6 Å². The Bertz CT molecular complexity index is 215. The molecule has 0 aliphatic rings. The van der Waals surface area contributed by atoms with Gasteiger partial charge >= 0.3 is 39.2 Å². The van der Waals surface area contributed by atoms with Gasteiger partial charge in [-0.15, -0.1) is 0 Å². The normalized spacial score (nSPS) is 9.76. The van der Waals surface area contributed by atoms with Crippen molar-refractivity contribution in [3.05, 3.63) is 12.2 Å². The molecule has 0 unspecified atom stereocenters. The number of ether oxygens (including phenoxy) is 2. The van der Waals surface area contributed by atoms with Gasteiger partial charge in [-0.05, 0) is 12.8 Å². The standard InChI is InChI=1S/C12H20O4.Pb.2H/c1-3-5-9-15-11(13)7-8-12(14)16-10-6-4-2;;;/h7-8H,3-6,9-10H2,1-2H3;;;/b8-7-;;;. The maximum absolute atomic E-state index is 11.0. The molecule has 17 heavy (non-hydrogen) atoms. The van der Waals surface area contributed by atoms with E-state index in [9.17, 15) is 9.59 Å². The summed E-state index contributed by atoms with van der Waals surface area (Å²) in [5.74, 6) is -0.998. The van der Waals surface area contributed by atoms with Crippen LogP contribution in [0.25, 0.3) is 0 Å². The van der Waals surface area contributed by atoms with E-state index in [0.717, 1.165) is 37.8 Å². The molecule has 0 aromatic rings. The van der Waals surface area contributed by atoms with E-state index in [0.29, 0.717) is 13.2 Å². The number of esters is 2. The van der Waals surface area contributed by atoms with Gasteiger partial charge < -0.3 is 9.47 Å². The molecular formula is C12H22O4Pb. The summed E-state index contributed by atoms with van der Waals surface area (Å²) in [7, 11) is 0. The van der Waals surface area contributed by atoms with E-state index < -0.39 is 11.9 Å². The summed E-state index contributed by atoms with van der Waals surface area (Å²) in [4.78, 5) is 22.1. The molecule has 0 fully saturated rings. The summed E-state index contributed by atoms with van der Waals surface area (Å²) >= 11 is 0. The van der Waals surface area contributed by atoms with Gasteiger partial charge in [0.05, 0.1) is 13.2 Å².